The number of hydrogen-bond acceptors (Lipinski definition) is 5. The lowest BCUT2D eigenvalue weighted by Gasteiger charge is -2.29. The lowest BCUT2D eigenvalue weighted by Crippen LogP contribution is -2.34. The van der Waals surface area contributed by atoms with E-state index in [0.717, 1.165) is 5.56 Å². The van der Waals surface area contributed by atoms with Crippen molar-refractivity contribution in [3.8, 4) is 5.75 Å². The number of benzene rings is 2. The van der Waals surface area contributed by atoms with Crippen molar-refractivity contribution in [2.45, 2.75) is 12.3 Å². The molecule has 0 fully saturated rings. The molecule has 140 valence electrons. The second-order valence-corrected chi connectivity index (χ2v) is 6.29. The van der Waals surface area contributed by atoms with E-state index in [2.05, 4.69) is 5.32 Å². The minimum atomic E-state index is -0.901. The molecule has 2 atom stereocenters. The van der Waals surface area contributed by atoms with Crippen molar-refractivity contribution >= 4 is 17.4 Å². The second kappa shape index (κ2) is 8.03. The fourth-order valence-electron chi connectivity index (χ4n) is 3.25. The zero-order valence-corrected chi connectivity index (χ0v) is 15.1. The van der Waals surface area contributed by atoms with E-state index in [1.807, 2.05) is 12.1 Å². The summed E-state index contributed by atoms with van der Waals surface area (Å²) in [5.74, 6) is -1.80. The zero-order chi connectivity index (χ0) is 19.4. The van der Waals surface area contributed by atoms with Gasteiger partial charge in [0.2, 0.25) is 0 Å². The molecule has 27 heavy (non-hydrogen) atoms. The fourth-order valence-corrected chi connectivity index (χ4v) is 3.25. The van der Waals surface area contributed by atoms with Crippen molar-refractivity contribution in [1.82, 2.24) is 0 Å². The molecule has 0 radical (unpaired) electrons. The van der Waals surface area contributed by atoms with Crippen LogP contribution in [0.15, 0.2) is 60.3 Å². The summed E-state index contributed by atoms with van der Waals surface area (Å²) in [5.41, 5.74) is 2.17. The van der Waals surface area contributed by atoms with E-state index in [1.54, 1.807) is 31.4 Å². The first kappa shape index (κ1) is 18.6. The van der Waals surface area contributed by atoms with Gasteiger partial charge in [0.05, 0.1) is 14.2 Å². The molecule has 0 aliphatic heterocycles. The van der Waals surface area contributed by atoms with E-state index in [9.17, 15) is 14.0 Å². The van der Waals surface area contributed by atoms with E-state index < -0.39 is 11.9 Å². The number of rotatable bonds is 5. The van der Waals surface area contributed by atoms with Crippen molar-refractivity contribution in [3.05, 3.63) is 71.7 Å². The van der Waals surface area contributed by atoms with Crippen LogP contribution in [-0.2, 0) is 14.3 Å². The predicted molar refractivity (Wildman–Crippen MR) is 99.0 cm³/mol. The van der Waals surface area contributed by atoms with Crippen LogP contribution >= 0.6 is 0 Å². The monoisotopic (exact) mass is 369 g/mol. The minimum Gasteiger partial charge on any atom is -0.497 e. The van der Waals surface area contributed by atoms with Crippen molar-refractivity contribution < 1.29 is 23.5 Å². The maximum Gasteiger partial charge on any atom is 0.317 e. The molecule has 1 aliphatic carbocycles. The summed E-state index contributed by atoms with van der Waals surface area (Å²) < 4.78 is 23.1. The molecule has 0 saturated carbocycles. The van der Waals surface area contributed by atoms with E-state index >= 15 is 0 Å². The molecule has 0 unspecified atom stereocenters. The summed E-state index contributed by atoms with van der Waals surface area (Å²) in [4.78, 5) is 24.9. The Morgan fingerprint density at radius 1 is 1.07 bits per heavy atom. The van der Waals surface area contributed by atoms with Crippen LogP contribution in [0.4, 0.5) is 10.1 Å². The molecular formula is C21H20FNO4. The number of carbonyl (C=O) groups is 2. The standard InChI is InChI=1S/C21H20FNO4/c1-26-17-9-3-13(4-10-17)18-11-16(12-19(24)20(18)21(25)27-2)23-15-7-5-14(22)6-8-15/h3-10,12,18,20,23H,11H2,1-2H3/t18-,20-/m0/s1. The van der Waals surface area contributed by atoms with Gasteiger partial charge in [-0.3, -0.25) is 9.59 Å². The molecule has 3 rings (SSSR count). The first-order valence-electron chi connectivity index (χ1n) is 8.50. The highest BCUT2D eigenvalue weighted by atomic mass is 19.1. The van der Waals surface area contributed by atoms with Gasteiger partial charge in [-0.2, -0.15) is 0 Å². The predicted octanol–water partition coefficient (Wildman–Crippen LogP) is 3.68. The van der Waals surface area contributed by atoms with Gasteiger partial charge in [-0.05, 0) is 48.4 Å². The van der Waals surface area contributed by atoms with E-state index in [-0.39, 0.29) is 17.5 Å². The molecule has 0 heterocycles. The summed E-state index contributed by atoms with van der Waals surface area (Å²) in [5, 5.41) is 3.14. The van der Waals surface area contributed by atoms with Gasteiger partial charge in [0.15, 0.2) is 5.78 Å². The highest BCUT2D eigenvalue weighted by molar-refractivity contribution is 6.07. The Bertz CT molecular complexity index is 859. The van der Waals surface area contributed by atoms with Crippen LogP contribution in [0, 0.1) is 11.7 Å². The molecule has 2 aromatic carbocycles. The summed E-state index contributed by atoms with van der Waals surface area (Å²) in [6, 6.07) is 13.1. The van der Waals surface area contributed by atoms with E-state index in [4.69, 9.17) is 9.47 Å². The number of esters is 1. The van der Waals surface area contributed by atoms with Gasteiger partial charge in [-0.25, -0.2) is 4.39 Å². The maximum absolute atomic E-state index is 13.1. The quantitative estimate of drug-likeness (QED) is 0.643. The van der Waals surface area contributed by atoms with Crippen LogP contribution in [0.25, 0.3) is 0 Å². The number of methoxy groups -OCH3 is 2. The van der Waals surface area contributed by atoms with Crippen molar-refractivity contribution in [2.75, 3.05) is 19.5 Å². The lowest BCUT2D eigenvalue weighted by molar-refractivity contribution is -0.149. The van der Waals surface area contributed by atoms with Crippen LogP contribution in [-0.4, -0.2) is 26.0 Å². The van der Waals surface area contributed by atoms with Gasteiger partial charge in [0.1, 0.15) is 17.5 Å². The average molecular weight is 369 g/mol. The maximum atomic E-state index is 13.1. The van der Waals surface area contributed by atoms with Gasteiger partial charge >= 0.3 is 5.97 Å². The third kappa shape index (κ3) is 4.16. The third-order valence-corrected chi connectivity index (χ3v) is 4.61. The van der Waals surface area contributed by atoms with Crippen molar-refractivity contribution in [1.29, 1.82) is 0 Å². The summed E-state index contributed by atoms with van der Waals surface area (Å²) in [6.07, 6.45) is 1.86. The van der Waals surface area contributed by atoms with Crippen molar-refractivity contribution in [3.63, 3.8) is 0 Å². The highest BCUT2D eigenvalue weighted by Gasteiger charge is 2.39. The Morgan fingerprint density at radius 2 is 1.74 bits per heavy atom. The smallest absolute Gasteiger partial charge is 0.317 e. The molecule has 0 bridgehead atoms. The Balaban J connectivity index is 1.90. The van der Waals surface area contributed by atoms with Gasteiger partial charge in [-0.1, -0.05) is 12.1 Å². The van der Waals surface area contributed by atoms with Crippen molar-refractivity contribution in [2.24, 2.45) is 5.92 Å². The molecule has 6 heteroatoms. The normalized spacial score (nSPS) is 19.2. The third-order valence-electron chi connectivity index (χ3n) is 4.61. The number of allylic oxidation sites excluding steroid dienone is 2. The molecular weight excluding hydrogens is 349 g/mol. The lowest BCUT2D eigenvalue weighted by atomic mass is 9.76. The van der Waals surface area contributed by atoms with Crippen LogP contribution in [0.3, 0.4) is 0 Å². The fraction of sp³-hybridized carbons (Fsp3) is 0.238. The number of nitrogens with one attached hydrogen (secondary N) is 1. The number of ketones is 1. The molecule has 0 aromatic heterocycles. The van der Waals surface area contributed by atoms with E-state index in [1.165, 1.54) is 25.3 Å². The molecule has 0 spiro atoms. The summed E-state index contributed by atoms with van der Waals surface area (Å²) in [7, 11) is 2.85. The van der Waals surface area contributed by atoms with Crippen LogP contribution in [0.1, 0.15) is 17.9 Å². The molecule has 1 N–H and O–H groups in total. The van der Waals surface area contributed by atoms with Gasteiger partial charge in [0.25, 0.3) is 0 Å². The Kier molecular flexibility index (Phi) is 5.54. The SMILES string of the molecule is COC(=O)[C@@H]1C(=O)C=C(Nc2ccc(F)cc2)C[C@H]1c1ccc(OC)cc1. The van der Waals surface area contributed by atoms with Crippen LogP contribution < -0.4 is 10.1 Å². The largest absolute Gasteiger partial charge is 0.497 e. The second-order valence-electron chi connectivity index (χ2n) is 6.29. The molecule has 0 amide bonds. The zero-order valence-electron chi connectivity index (χ0n) is 15.1. The molecule has 1 aliphatic rings. The van der Waals surface area contributed by atoms with Gasteiger partial charge in [0, 0.05) is 23.4 Å². The minimum absolute atomic E-state index is 0.321. The molecule has 0 saturated heterocycles. The average Bonchev–Trinajstić information content (AvgIpc) is 2.69. The first-order chi connectivity index (χ1) is 13.0. The number of halogens is 1. The summed E-state index contributed by atoms with van der Waals surface area (Å²) >= 11 is 0. The Hall–Kier alpha value is -3.15. The molecule has 5 nitrogen and oxygen atoms in total. The van der Waals surface area contributed by atoms with Gasteiger partial charge in [-0.15, -0.1) is 0 Å². The Labute approximate surface area is 156 Å². The molecule has 2 aromatic rings. The number of hydrogen-bond donors (Lipinski definition) is 1. The van der Waals surface area contributed by atoms with Crippen LogP contribution in [0.2, 0.25) is 0 Å². The topological polar surface area (TPSA) is 64.6 Å². The number of anilines is 1. The first-order valence-corrected chi connectivity index (χ1v) is 8.50. The van der Waals surface area contributed by atoms with E-state index in [0.29, 0.717) is 23.6 Å². The summed E-state index contributed by atoms with van der Waals surface area (Å²) in [6.45, 7) is 0. The number of carbonyl (C=O) groups excluding carboxylic acids is 2. The van der Waals surface area contributed by atoms with Gasteiger partial charge < -0.3 is 14.8 Å². The Morgan fingerprint density at radius 3 is 2.33 bits per heavy atom. The number of ether oxygens (including phenoxy) is 2. The highest BCUT2D eigenvalue weighted by Crippen LogP contribution is 2.37. The van der Waals surface area contributed by atoms with Crippen LogP contribution in [0.5, 0.6) is 5.75 Å².